The molecule has 1 aliphatic heterocycles. The number of carbonyl (C=O) groups is 1. The van der Waals surface area contributed by atoms with E-state index in [9.17, 15) is 4.79 Å². The summed E-state index contributed by atoms with van der Waals surface area (Å²) in [4.78, 5) is 14.4. The van der Waals surface area contributed by atoms with E-state index in [1.54, 1.807) is 13.2 Å². The molecule has 0 aromatic heterocycles. The fourth-order valence-electron chi connectivity index (χ4n) is 2.89. The Morgan fingerprint density at radius 3 is 2.59 bits per heavy atom. The van der Waals surface area contributed by atoms with Crippen molar-refractivity contribution in [3.05, 3.63) is 54.1 Å². The maximum Gasteiger partial charge on any atom is 0.265 e. The summed E-state index contributed by atoms with van der Waals surface area (Å²) in [6, 6.07) is 15.5. The highest BCUT2D eigenvalue weighted by molar-refractivity contribution is 5.97. The molecule has 0 saturated carbocycles. The van der Waals surface area contributed by atoms with Crippen LogP contribution in [0.4, 0.5) is 5.69 Å². The second-order valence-electron chi connectivity index (χ2n) is 5.39. The number of para-hydroxylation sites is 3. The van der Waals surface area contributed by atoms with E-state index in [1.807, 2.05) is 41.3 Å². The number of ether oxygens (including phenoxy) is 2. The van der Waals surface area contributed by atoms with Crippen LogP contribution in [0.5, 0.6) is 11.5 Å². The van der Waals surface area contributed by atoms with E-state index in [-0.39, 0.29) is 18.6 Å². The Kier molecular flexibility index (Phi) is 4.00. The largest absolute Gasteiger partial charge is 0.493 e. The Bertz CT molecular complexity index is 684. The van der Waals surface area contributed by atoms with Gasteiger partial charge in [0, 0.05) is 11.7 Å². The third-order valence-electron chi connectivity index (χ3n) is 3.90. The molecule has 0 saturated heterocycles. The summed E-state index contributed by atoms with van der Waals surface area (Å²) in [5.74, 6) is 1.17. The van der Waals surface area contributed by atoms with Crippen molar-refractivity contribution in [2.45, 2.75) is 19.4 Å². The zero-order valence-corrected chi connectivity index (χ0v) is 12.8. The van der Waals surface area contributed by atoms with Crippen LogP contribution in [0.15, 0.2) is 48.5 Å². The van der Waals surface area contributed by atoms with Crippen LogP contribution >= 0.6 is 0 Å². The molecule has 0 unspecified atom stereocenters. The smallest absolute Gasteiger partial charge is 0.265 e. The molecule has 114 valence electrons. The highest BCUT2D eigenvalue weighted by Gasteiger charge is 2.30. The SMILES string of the molecule is COc1ccccc1OCC(=O)N1c2ccccc2C[C@H]1C. The van der Waals surface area contributed by atoms with Crippen molar-refractivity contribution in [3.63, 3.8) is 0 Å². The summed E-state index contributed by atoms with van der Waals surface area (Å²) in [5, 5.41) is 0. The number of hydrogen-bond acceptors (Lipinski definition) is 3. The van der Waals surface area contributed by atoms with Crippen LogP contribution in [-0.2, 0) is 11.2 Å². The Hall–Kier alpha value is -2.49. The molecule has 1 aliphatic rings. The molecule has 2 aromatic rings. The van der Waals surface area contributed by atoms with Crippen molar-refractivity contribution in [2.75, 3.05) is 18.6 Å². The van der Waals surface area contributed by atoms with Gasteiger partial charge < -0.3 is 14.4 Å². The summed E-state index contributed by atoms with van der Waals surface area (Å²) in [5.41, 5.74) is 2.20. The third kappa shape index (κ3) is 2.64. The van der Waals surface area contributed by atoms with Gasteiger partial charge in [-0.15, -0.1) is 0 Å². The van der Waals surface area contributed by atoms with Crippen molar-refractivity contribution in [3.8, 4) is 11.5 Å². The van der Waals surface area contributed by atoms with E-state index >= 15 is 0 Å². The molecule has 2 aromatic carbocycles. The first-order chi connectivity index (χ1) is 10.7. The van der Waals surface area contributed by atoms with Crippen molar-refractivity contribution < 1.29 is 14.3 Å². The van der Waals surface area contributed by atoms with Crippen molar-refractivity contribution >= 4 is 11.6 Å². The molecular weight excluding hydrogens is 278 g/mol. The molecule has 0 aliphatic carbocycles. The molecule has 0 bridgehead atoms. The fourth-order valence-corrected chi connectivity index (χ4v) is 2.89. The predicted molar refractivity (Wildman–Crippen MR) is 85.6 cm³/mol. The Morgan fingerprint density at radius 2 is 1.82 bits per heavy atom. The number of amides is 1. The van der Waals surface area contributed by atoms with Crippen LogP contribution in [0, 0.1) is 0 Å². The molecule has 0 radical (unpaired) electrons. The normalized spacial score (nSPS) is 16.3. The van der Waals surface area contributed by atoms with Gasteiger partial charge in [-0.1, -0.05) is 30.3 Å². The lowest BCUT2D eigenvalue weighted by atomic mass is 10.1. The molecule has 1 heterocycles. The first-order valence-corrected chi connectivity index (χ1v) is 7.36. The summed E-state index contributed by atoms with van der Waals surface area (Å²) >= 11 is 0. The number of nitrogens with zero attached hydrogens (tertiary/aromatic N) is 1. The highest BCUT2D eigenvalue weighted by atomic mass is 16.5. The number of fused-ring (bicyclic) bond motifs is 1. The molecule has 0 N–H and O–H groups in total. The molecule has 0 fully saturated rings. The van der Waals surface area contributed by atoms with E-state index in [2.05, 4.69) is 13.0 Å². The molecule has 0 spiro atoms. The van der Waals surface area contributed by atoms with Crippen molar-refractivity contribution in [1.29, 1.82) is 0 Å². The number of hydrogen-bond donors (Lipinski definition) is 0. The minimum atomic E-state index is -0.0386. The zero-order chi connectivity index (χ0) is 15.5. The van der Waals surface area contributed by atoms with Gasteiger partial charge in [0.25, 0.3) is 5.91 Å². The fraction of sp³-hybridized carbons (Fsp3) is 0.278. The van der Waals surface area contributed by atoms with Crippen molar-refractivity contribution in [2.24, 2.45) is 0 Å². The first-order valence-electron chi connectivity index (χ1n) is 7.36. The summed E-state index contributed by atoms with van der Waals surface area (Å²) in [6.07, 6.45) is 0.885. The molecule has 3 rings (SSSR count). The Morgan fingerprint density at radius 1 is 1.14 bits per heavy atom. The van der Waals surface area contributed by atoms with Crippen LogP contribution < -0.4 is 14.4 Å². The summed E-state index contributed by atoms with van der Waals surface area (Å²) in [6.45, 7) is 2.06. The zero-order valence-electron chi connectivity index (χ0n) is 12.8. The van der Waals surface area contributed by atoms with Crippen LogP contribution in [0.2, 0.25) is 0 Å². The lowest BCUT2D eigenvalue weighted by Gasteiger charge is -2.23. The number of benzene rings is 2. The molecule has 4 heteroatoms. The number of anilines is 1. The number of rotatable bonds is 4. The number of methoxy groups -OCH3 is 1. The van der Waals surface area contributed by atoms with Crippen LogP contribution in [0.3, 0.4) is 0 Å². The van der Waals surface area contributed by atoms with E-state index in [1.165, 1.54) is 5.56 Å². The van der Waals surface area contributed by atoms with Gasteiger partial charge in [0.1, 0.15) is 0 Å². The van der Waals surface area contributed by atoms with Gasteiger partial charge in [-0.05, 0) is 37.1 Å². The van der Waals surface area contributed by atoms with Gasteiger partial charge in [0.05, 0.1) is 7.11 Å². The molecule has 22 heavy (non-hydrogen) atoms. The second-order valence-corrected chi connectivity index (χ2v) is 5.39. The summed E-state index contributed by atoms with van der Waals surface area (Å²) < 4.78 is 10.9. The van der Waals surface area contributed by atoms with Gasteiger partial charge in [0.2, 0.25) is 0 Å². The standard InChI is InChI=1S/C18H19NO3/c1-13-11-14-7-3-4-8-15(14)19(13)18(20)12-22-17-10-6-5-9-16(17)21-2/h3-10,13H,11-12H2,1-2H3/t13-/m1/s1. The van der Waals surface area contributed by atoms with Crippen LogP contribution in [0.25, 0.3) is 0 Å². The van der Waals surface area contributed by atoms with Gasteiger partial charge in [-0.3, -0.25) is 4.79 Å². The number of carbonyl (C=O) groups excluding carboxylic acids is 1. The Labute approximate surface area is 130 Å². The van der Waals surface area contributed by atoms with Gasteiger partial charge in [-0.25, -0.2) is 0 Å². The molecule has 1 atom stereocenters. The lowest BCUT2D eigenvalue weighted by molar-refractivity contribution is -0.120. The second kappa shape index (κ2) is 6.10. The minimum absolute atomic E-state index is 0.000945. The topological polar surface area (TPSA) is 38.8 Å². The van der Waals surface area contributed by atoms with E-state index in [0.717, 1.165) is 12.1 Å². The van der Waals surface area contributed by atoms with Crippen LogP contribution in [0.1, 0.15) is 12.5 Å². The first kappa shape index (κ1) is 14.4. The highest BCUT2D eigenvalue weighted by Crippen LogP contribution is 2.32. The maximum absolute atomic E-state index is 12.6. The van der Waals surface area contributed by atoms with Gasteiger partial charge >= 0.3 is 0 Å². The average molecular weight is 297 g/mol. The summed E-state index contributed by atoms with van der Waals surface area (Å²) in [7, 11) is 1.59. The van der Waals surface area contributed by atoms with E-state index in [4.69, 9.17) is 9.47 Å². The Balaban J connectivity index is 1.73. The maximum atomic E-state index is 12.6. The van der Waals surface area contributed by atoms with Crippen molar-refractivity contribution in [1.82, 2.24) is 0 Å². The van der Waals surface area contributed by atoms with Gasteiger partial charge in [-0.2, -0.15) is 0 Å². The van der Waals surface area contributed by atoms with E-state index < -0.39 is 0 Å². The molecular formula is C18H19NO3. The van der Waals surface area contributed by atoms with Crippen LogP contribution in [-0.4, -0.2) is 25.7 Å². The lowest BCUT2D eigenvalue weighted by Crippen LogP contribution is -2.39. The molecule has 1 amide bonds. The minimum Gasteiger partial charge on any atom is -0.493 e. The average Bonchev–Trinajstić information content (AvgIpc) is 2.88. The van der Waals surface area contributed by atoms with Gasteiger partial charge in [0.15, 0.2) is 18.1 Å². The third-order valence-corrected chi connectivity index (χ3v) is 3.90. The monoisotopic (exact) mass is 297 g/mol. The predicted octanol–water partition coefficient (Wildman–Crippen LogP) is 3.05. The molecule has 4 nitrogen and oxygen atoms in total. The quantitative estimate of drug-likeness (QED) is 0.870. The van der Waals surface area contributed by atoms with E-state index in [0.29, 0.717) is 11.5 Å².